The van der Waals surface area contributed by atoms with E-state index in [1.807, 2.05) is 7.05 Å². The summed E-state index contributed by atoms with van der Waals surface area (Å²) in [5, 5.41) is 3.41. The third kappa shape index (κ3) is 2.57. The molecule has 2 aromatic rings. The number of hydrogen-bond donors (Lipinski definition) is 1. The zero-order valence-electron chi connectivity index (χ0n) is 10.9. The van der Waals surface area contributed by atoms with Crippen molar-refractivity contribution in [3.8, 4) is 5.75 Å². The Labute approximate surface area is 125 Å². The van der Waals surface area contributed by atoms with Crippen LogP contribution in [0.1, 0.15) is 34.6 Å². The molecule has 2 atom stereocenters. The molecule has 1 aromatic heterocycles. The molecule has 0 amide bonds. The van der Waals surface area contributed by atoms with E-state index < -0.39 is 0 Å². The number of halogens is 1. The highest BCUT2D eigenvalue weighted by Gasteiger charge is 2.29. The second kappa shape index (κ2) is 5.27. The van der Waals surface area contributed by atoms with Crippen molar-refractivity contribution >= 4 is 27.3 Å². The summed E-state index contributed by atoms with van der Waals surface area (Å²) < 4.78 is 7.32. The Bertz CT molecular complexity index is 596. The number of hydrogen-bond acceptors (Lipinski definition) is 3. The van der Waals surface area contributed by atoms with Gasteiger partial charge in [0, 0.05) is 22.9 Å². The lowest BCUT2D eigenvalue weighted by molar-refractivity contribution is 0.157. The van der Waals surface area contributed by atoms with Gasteiger partial charge in [-0.3, -0.25) is 0 Å². The maximum atomic E-state index is 6.17. The average Bonchev–Trinajstić information content (AvgIpc) is 2.84. The fraction of sp³-hybridized carbons (Fsp3) is 0.333. The van der Waals surface area contributed by atoms with Crippen molar-refractivity contribution in [1.82, 2.24) is 5.32 Å². The molecule has 1 N–H and O–H groups in total. The number of fused-ring (bicyclic) bond motifs is 1. The highest BCUT2D eigenvalue weighted by atomic mass is 79.9. The van der Waals surface area contributed by atoms with E-state index in [0.717, 1.165) is 16.0 Å². The number of ether oxygens (including phenoxy) is 1. The van der Waals surface area contributed by atoms with E-state index in [1.165, 1.54) is 16.0 Å². The Kier molecular flexibility index (Phi) is 3.65. The Morgan fingerprint density at radius 1 is 1.32 bits per heavy atom. The molecule has 0 aliphatic carbocycles. The summed E-state index contributed by atoms with van der Waals surface area (Å²) in [7, 11) is 2.02. The predicted octanol–water partition coefficient (Wildman–Crippen LogP) is 4.60. The Morgan fingerprint density at radius 3 is 2.84 bits per heavy atom. The first-order chi connectivity index (χ1) is 9.17. The van der Waals surface area contributed by atoms with Gasteiger partial charge < -0.3 is 10.1 Å². The standard InChI is InChI=1S/C15H16BrNOS/c1-9-3-4-12-10(7-9)11(17-2)8-13(18-12)14-5-6-15(16)19-14/h3-7,11,13,17H,8H2,1-2H3. The fourth-order valence-corrected chi connectivity index (χ4v) is 4.00. The highest BCUT2D eigenvalue weighted by Crippen LogP contribution is 2.43. The molecule has 2 heterocycles. The van der Waals surface area contributed by atoms with E-state index in [-0.39, 0.29) is 6.10 Å². The monoisotopic (exact) mass is 337 g/mol. The molecule has 2 unspecified atom stereocenters. The van der Waals surface area contributed by atoms with Crippen molar-refractivity contribution in [3.05, 3.63) is 50.1 Å². The summed E-state index contributed by atoms with van der Waals surface area (Å²) in [5.74, 6) is 1.01. The smallest absolute Gasteiger partial charge is 0.135 e. The SMILES string of the molecule is CNC1CC(c2ccc(Br)s2)Oc2ccc(C)cc21. The summed E-state index contributed by atoms with van der Waals surface area (Å²) >= 11 is 5.27. The van der Waals surface area contributed by atoms with Crippen LogP contribution in [0.3, 0.4) is 0 Å². The first kappa shape index (κ1) is 13.2. The van der Waals surface area contributed by atoms with Crippen LogP contribution in [0.5, 0.6) is 5.75 Å². The predicted molar refractivity (Wildman–Crippen MR) is 83.0 cm³/mol. The van der Waals surface area contributed by atoms with Crippen molar-refractivity contribution < 1.29 is 4.74 Å². The van der Waals surface area contributed by atoms with E-state index in [9.17, 15) is 0 Å². The van der Waals surface area contributed by atoms with Crippen LogP contribution < -0.4 is 10.1 Å². The van der Waals surface area contributed by atoms with Crippen LogP contribution in [-0.2, 0) is 0 Å². The van der Waals surface area contributed by atoms with Crippen LogP contribution in [0.25, 0.3) is 0 Å². The molecular formula is C15H16BrNOS. The van der Waals surface area contributed by atoms with Crippen LogP contribution >= 0.6 is 27.3 Å². The average molecular weight is 338 g/mol. The largest absolute Gasteiger partial charge is 0.484 e. The summed E-state index contributed by atoms with van der Waals surface area (Å²) in [6.45, 7) is 2.12. The second-order valence-electron chi connectivity index (χ2n) is 4.87. The van der Waals surface area contributed by atoms with Gasteiger partial charge in [0.15, 0.2) is 0 Å². The molecule has 0 fully saturated rings. The maximum absolute atomic E-state index is 6.17. The van der Waals surface area contributed by atoms with E-state index in [2.05, 4.69) is 58.5 Å². The molecule has 4 heteroatoms. The number of rotatable bonds is 2. The van der Waals surface area contributed by atoms with Gasteiger partial charge in [-0.1, -0.05) is 17.7 Å². The van der Waals surface area contributed by atoms with Gasteiger partial charge in [0.25, 0.3) is 0 Å². The Balaban J connectivity index is 1.95. The topological polar surface area (TPSA) is 21.3 Å². The van der Waals surface area contributed by atoms with Gasteiger partial charge in [-0.15, -0.1) is 11.3 Å². The first-order valence-electron chi connectivity index (χ1n) is 6.37. The number of benzene rings is 1. The van der Waals surface area contributed by atoms with Gasteiger partial charge in [0.2, 0.25) is 0 Å². The summed E-state index contributed by atoms with van der Waals surface area (Å²) in [5.41, 5.74) is 2.55. The molecule has 1 aromatic carbocycles. The molecule has 1 aliphatic heterocycles. The van der Waals surface area contributed by atoms with Gasteiger partial charge in [-0.25, -0.2) is 0 Å². The Morgan fingerprint density at radius 2 is 2.16 bits per heavy atom. The van der Waals surface area contributed by atoms with Gasteiger partial charge in [-0.2, -0.15) is 0 Å². The maximum Gasteiger partial charge on any atom is 0.135 e. The second-order valence-corrected chi connectivity index (χ2v) is 7.36. The summed E-state index contributed by atoms with van der Waals surface area (Å²) in [6, 6.07) is 11.0. The lowest BCUT2D eigenvalue weighted by Crippen LogP contribution is -2.26. The van der Waals surface area contributed by atoms with E-state index in [4.69, 9.17) is 4.74 Å². The molecule has 1 aliphatic rings. The zero-order valence-corrected chi connectivity index (χ0v) is 13.3. The summed E-state index contributed by atoms with van der Waals surface area (Å²) in [6.07, 6.45) is 1.11. The fourth-order valence-electron chi connectivity index (χ4n) is 2.54. The molecule has 2 nitrogen and oxygen atoms in total. The van der Waals surface area contributed by atoms with Crippen LogP contribution in [0, 0.1) is 6.92 Å². The lowest BCUT2D eigenvalue weighted by Gasteiger charge is -2.32. The molecule has 19 heavy (non-hydrogen) atoms. The quantitative estimate of drug-likeness (QED) is 0.864. The minimum atomic E-state index is 0.143. The molecular weight excluding hydrogens is 322 g/mol. The molecule has 0 saturated heterocycles. The number of aryl methyl sites for hydroxylation is 1. The van der Waals surface area contributed by atoms with Crippen LogP contribution in [0.15, 0.2) is 34.1 Å². The number of nitrogens with one attached hydrogen (secondary N) is 1. The first-order valence-corrected chi connectivity index (χ1v) is 7.98. The summed E-state index contributed by atoms with van der Waals surface area (Å²) in [4.78, 5) is 1.28. The van der Waals surface area contributed by atoms with Crippen molar-refractivity contribution in [2.24, 2.45) is 0 Å². The molecule has 0 spiro atoms. The third-order valence-corrected chi connectivity index (χ3v) is 5.24. The highest BCUT2D eigenvalue weighted by molar-refractivity contribution is 9.11. The Hall–Kier alpha value is -0.840. The van der Waals surface area contributed by atoms with Gasteiger partial charge in [0.05, 0.1) is 3.79 Å². The molecule has 100 valence electrons. The van der Waals surface area contributed by atoms with E-state index >= 15 is 0 Å². The van der Waals surface area contributed by atoms with Crippen molar-refractivity contribution in [2.45, 2.75) is 25.5 Å². The van der Waals surface area contributed by atoms with Gasteiger partial charge >= 0.3 is 0 Å². The van der Waals surface area contributed by atoms with Crippen LogP contribution in [0.2, 0.25) is 0 Å². The normalized spacial score (nSPS) is 21.8. The zero-order chi connectivity index (χ0) is 13.4. The lowest BCUT2D eigenvalue weighted by atomic mass is 9.94. The molecule has 0 saturated carbocycles. The van der Waals surface area contributed by atoms with Crippen LogP contribution in [-0.4, -0.2) is 7.05 Å². The van der Waals surface area contributed by atoms with Crippen molar-refractivity contribution in [2.75, 3.05) is 7.05 Å². The molecule has 3 rings (SSSR count). The van der Waals surface area contributed by atoms with Crippen molar-refractivity contribution in [3.63, 3.8) is 0 Å². The molecule has 0 bridgehead atoms. The third-order valence-electron chi connectivity index (χ3n) is 3.52. The van der Waals surface area contributed by atoms with E-state index in [1.54, 1.807) is 11.3 Å². The van der Waals surface area contributed by atoms with Gasteiger partial charge in [0.1, 0.15) is 11.9 Å². The van der Waals surface area contributed by atoms with Crippen LogP contribution in [0.4, 0.5) is 0 Å². The van der Waals surface area contributed by atoms with Gasteiger partial charge in [-0.05, 0) is 48.1 Å². The van der Waals surface area contributed by atoms with Crippen molar-refractivity contribution in [1.29, 1.82) is 0 Å². The number of thiophene rings is 1. The minimum Gasteiger partial charge on any atom is -0.484 e. The van der Waals surface area contributed by atoms with E-state index in [0.29, 0.717) is 6.04 Å². The molecule has 0 radical (unpaired) electrons. The minimum absolute atomic E-state index is 0.143.